The highest BCUT2D eigenvalue weighted by atomic mass is 19.1. The van der Waals surface area contributed by atoms with Gasteiger partial charge >= 0.3 is 0 Å². The molecule has 0 spiro atoms. The Balaban J connectivity index is 1.98. The Morgan fingerprint density at radius 3 is 2.62 bits per heavy atom. The van der Waals surface area contributed by atoms with Crippen molar-refractivity contribution in [2.24, 2.45) is 0 Å². The van der Waals surface area contributed by atoms with Crippen LogP contribution in [0.25, 0.3) is 11.4 Å². The van der Waals surface area contributed by atoms with Gasteiger partial charge in [0.2, 0.25) is 5.95 Å². The zero-order chi connectivity index (χ0) is 18.5. The summed E-state index contributed by atoms with van der Waals surface area (Å²) in [5, 5.41) is 15.0. The van der Waals surface area contributed by atoms with Gasteiger partial charge in [0.1, 0.15) is 17.5 Å². The minimum atomic E-state index is -0.735. The number of rotatable bonds is 6. The third-order valence-corrected chi connectivity index (χ3v) is 3.50. The van der Waals surface area contributed by atoms with E-state index in [1.54, 1.807) is 31.3 Å². The molecule has 0 saturated carbocycles. The van der Waals surface area contributed by atoms with Crippen molar-refractivity contribution in [1.29, 1.82) is 0 Å². The largest absolute Gasteiger partial charge is 0.394 e. The van der Waals surface area contributed by atoms with Gasteiger partial charge in [-0.3, -0.25) is 4.98 Å². The SMILES string of the molecule is C[C@H](CO)Nc1nc(Nc2ccc(F)cc2F)cc(-c2ccccn2)n1. The highest BCUT2D eigenvalue weighted by Crippen LogP contribution is 2.24. The highest BCUT2D eigenvalue weighted by molar-refractivity contribution is 5.65. The van der Waals surface area contributed by atoms with Crippen LogP contribution in [0, 0.1) is 11.6 Å². The summed E-state index contributed by atoms with van der Waals surface area (Å²) in [4.78, 5) is 12.9. The molecule has 3 aromatic rings. The zero-order valence-electron chi connectivity index (χ0n) is 13.9. The molecule has 134 valence electrons. The van der Waals surface area contributed by atoms with E-state index in [1.165, 1.54) is 6.07 Å². The predicted molar refractivity (Wildman–Crippen MR) is 95.1 cm³/mol. The van der Waals surface area contributed by atoms with Gasteiger partial charge in [0, 0.05) is 24.4 Å². The molecule has 0 unspecified atom stereocenters. The summed E-state index contributed by atoms with van der Waals surface area (Å²) in [5.74, 6) is -0.844. The molecule has 3 rings (SSSR count). The monoisotopic (exact) mass is 357 g/mol. The Bertz CT molecular complexity index is 892. The number of benzene rings is 1. The number of aliphatic hydroxyl groups is 1. The molecule has 26 heavy (non-hydrogen) atoms. The third-order valence-electron chi connectivity index (χ3n) is 3.50. The number of pyridine rings is 1. The smallest absolute Gasteiger partial charge is 0.225 e. The van der Waals surface area contributed by atoms with E-state index in [2.05, 4.69) is 25.6 Å². The number of hydrogen-bond donors (Lipinski definition) is 3. The molecular weight excluding hydrogens is 340 g/mol. The van der Waals surface area contributed by atoms with E-state index >= 15 is 0 Å². The van der Waals surface area contributed by atoms with Crippen molar-refractivity contribution in [2.45, 2.75) is 13.0 Å². The molecule has 6 nitrogen and oxygen atoms in total. The fraction of sp³-hybridized carbons (Fsp3) is 0.167. The molecule has 0 aliphatic heterocycles. The fourth-order valence-corrected chi connectivity index (χ4v) is 2.22. The van der Waals surface area contributed by atoms with Gasteiger partial charge in [-0.05, 0) is 31.2 Å². The number of nitrogens with one attached hydrogen (secondary N) is 2. The van der Waals surface area contributed by atoms with Crippen molar-refractivity contribution in [2.75, 3.05) is 17.2 Å². The number of aromatic nitrogens is 3. The molecule has 3 N–H and O–H groups in total. The van der Waals surface area contributed by atoms with Crippen LogP contribution in [-0.2, 0) is 0 Å². The van der Waals surface area contributed by atoms with E-state index in [9.17, 15) is 13.9 Å². The minimum absolute atomic E-state index is 0.0817. The van der Waals surface area contributed by atoms with Gasteiger partial charge in [-0.1, -0.05) is 6.07 Å². The second-order valence-electron chi connectivity index (χ2n) is 5.65. The Kier molecular flexibility index (Phi) is 5.33. The lowest BCUT2D eigenvalue weighted by Crippen LogP contribution is -2.21. The number of nitrogens with zero attached hydrogens (tertiary/aromatic N) is 3. The predicted octanol–water partition coefficient (Wildman–Crippen LogP) is 3.35. The maximum absolute atomic E-state index is 13.9. The van der Waals surface area contributed by atoms with E-state index in [0.717, 1.165) is 12.1 Å². The average Bonchev–Trinajstić information content (AvgIpc) is 2.64. The van der Waals surface area contributed by atoms with Gasteiger partial charge < -0.3 is 15.7 Å². The lowest BCUT2D eigenvalue weighted by atomic mass is 10.2. The van der Waals surface area contributed by atoms with Gasteiger partial charge in [-0.15, -0.1) is 0 Å². The normalized spacial score (nSPS) is 11.8. The van der Waals surface area contributed by atoms with Gasteiger partial charge in [0.25, 0.3) is 0 Å². The van der Waals surface area contributed by atoms with Crippen molar-refractivity contribution >= 4 is 17.5 Å². The molecule has 0 amide bonds. The molecule has 0 aliphatic rings. The lowest BCUT2D eigenvalue weighted by molar-refractivity contribution is 0.281. The van der Waals surface area contributed by atoms with E-state index in [0.29, 0.717) is 17.2 Å². The Labute approximate surface area is 149 Å². The summed E-state index contributed by atoms with van der Waals surface area (Å²) in [6, 6.07) is 9.95. The average molecular weight is 357 g/mol. The van der Waals surface area contributed by atoms with Crippen molar-refractivity contribution in [3.05, 3.63) is 60.3 Å². The topological polar surface area (TPSA) is 83.0 Å². The summed E-state index contributed by atoms with van der Waals surface area (Å²) in [5.41, 5.74) is 1.20. The fourth-order valence-electron chi connectivity index (χ4n) is 2.22. The minimum Gasteiger partial charge on any atom is -0.394 e. The number of anilines is 3. The summed E-state index contributed by atoms with van der Waals surface area (Å²) >= 11 is 0. The molecule has 1 aromatic carbocycles. The quantitative estimate of drug-likeness (QED) is 0.628. The van der Waals surface area contributed by atoms with Crippen LogP contribution in [0.1, 0.15) is 6.92 Å². The van der Waals surface area contributed by atoms with Crippen LogP contribution in [0.5, 0.6) is 0 Å². The standard InChI is InChI=1S/C18H17F2N5O/c1-11(10-26)22-18-24-16(15-4-2-3-7-21-15)9-17(25-18)23-14-6-5-12(19)8-13(14)20/h2-9,11,26H,10H2,1H3,(H2,22,23,24,25)/t11-/m1/s1. The third kappa shape index (κ3) is 4.28. The van der Waals surface area contributed by atoms with Gasteiger partial charge in [0.05, 0.1) is 23.7 Å². The number of hydrogen-bond acceptors (Lipinski definition) is 6. The van der Waals surface area contributed by atoms with Crippen LogP contribution in [0.3, 0.4) is 0 Å². The molecule has 2 aromatic heterocycles. The lowest BCUT2D eigenvalue weighted by Gasteiger charge is -2.14. The summed E-state index contributed by atoms with van der Waals surface area (Å²) in [6.07, 6.45) is 1.63. The van der Waals surface area contributed by atoms with E-state index in [1.807, 2.05) is 6.07 Å². The number of halogens is 2. The van der Waals surface area contributed by atoms with Gasteiger partial charge in [-0.25, -0.2) is 13.8 Å². The molecule has 0 radical (unpaired) electrons. The molecule has 1 atom stereocenters. The zero-order valence-corrected chi connectivity index (χ0v) is 13.9. The van der Waals surface area contributed by atoms with Crippen LogP contribution in [-0.4, -0.2) is 32.7 Å². The maximum Gasteiger partial charge on any atom is 0.225 e. The van der Waals surface area contributed by atoms with Crippen LogP contribution >= 0.6 is 0 Å². The number of aliphatic hydroxyl groups excluding tert-OH is 1. The first-order chi connectivity index (χ1) is 12.5. The van der Waals surface area contributed by atoms with Gasteiger partial charge in [-0.2, -0.15) is 4.98 Å². The second kappa shape index (κ2) is 7.83. The molecule has 0 aliphatic carbocycles. The van der Waals surface area contributed by atoms with E-state index in [4.69, 9.17) is 0 Å². The molecular formula is C18H17F2N5O. The van der Waals surface area contributed by atoms with Crippen molar-refractivity contribution in [1.82, 2.24) is 15.0 Å². The van der Waals surface area contributed by atoms with Crippen LogP contribution in [0.15, 0.2) is 48.7 Å². The molecule has 0 fully saturated rings. The van der Waals surface area contributed by atoms with Crippen molar-refractivity contribution in [3.63, 3.8) is 0 Å². The first-order valence-corrected chi connectivity index (χ1v) is 7.95. The summed E-state index contributed by atoms with van der Waals surface area (Å²) in [7, 11) is 0. The highest BCUT2D eigenvalue weighted by Gasteiger charge is 2.11. The first-order valence-electron chi connectivity index (χ1n) is 7.95. The first kappa shape index (κ1) is 17.7. The van der Waals surface area contributed by atoms with E-state index in [-0.39, 0.29) is 24.3 Å². The van der Waals surface area contributed by atoms with Crippen molar-refractivity contribution in [3.8, 4) is 11.4 Å². The van der Waals surface area contributed by atoms with Crippen LogP contribution in [0.4, 0.5) is 26.2 Å². The van der Waals surface area contributed by atoms with Gasteiger partial charge in [0.15, 0.2) is 0 Å². The summed E-state index contributed by atoms with van der Waals surface area (Å²) in [6.45, 7) is 1.66. The Morgan fingerprint density at radius 2 is 1.92 bits per heavy atom. The Morgan fingerprint density at radius 1 is 1.08 bits per heavy atom. The molecule has 0 saturated heterocycles. The molecule has 8 heteroatoms. The maximum atomic E-state index is 13.9. The van der Waals surface area contributed by atoms with Crippen molar-refractivity contribution < 1.29 is 13.9 Å². The molecule has 2 heterocycles. The van der Waals surface area contributed by atoms with Crippen LogP contribution < -0.4 is 10.6 Å². The summed E-state index contributed by atoms with van der Waals surface area (Å²) < 4.78 is 27.0. The Hall–Kier alpha value is -3.13. The van der Waals surface area contributed by atoms with E-state index < -0.39 is 11.6 Å². The van der Waals surface area contributed by atoms with Crippen LogP contribution in [0.2, 0.25) is 0 Å². The molecule has 0 bridgehead atoms. The second-order valence-corrected chi connectivity index (χ2v) is 5.65.